The van der Waals surface area contributed by atoms with E-state index in [0.717, 1.165) is 12.2 Å². The lowest BCUT2D eigenvalue weighted by Gasteiger charge is -1.95. The van der Waals surface area contributed by atoms with Crippen molar-refractivity contribution < 1.29 is 38.9 Å². The molecule has 1 atom stereocenters. The summed E-state index contributed by atoms with van der Waals surface area (Å²) >= 11 is 0. The molecule has 1 fully saturated rings. The first-order chi connectivity index (χ1) is 9.35. The van der Waals surface area contributed by atoms with Gasteiger partial charge in [0.05, 0.1) is 18.9 Å². The van der Waals surface area contributed by atoms with Crippen LogP contribution in [0.5, 0.6) is 0 Å². The molecule has 0 amide bonds. The van der Waals surface area contributed by atoms with Gasteiger partial charge < -0.3 is 19.7 Å². The number of esters is 4. The maximum absolute atomic E-state index is 10.0. The van der Waals surface area contributed by atoms with Gasteiger partial charge in [-0.2, -0.15) is 0 Å². The van der Waals surface area contributed by atoms with Gasteiger partial charge in [0, 0.05) is 18.8 Å². The molecule has 0 aromatic heterocycles. The highest BCUT2D eigenvalue weighted by atomic mass is 16.6. The minimum atomic E-state index is -0.579. The van der Waals surface area contributed by atoms with Gasteiger partial charge in [-0.25, -0.2) is 9.59 Å². The molecule has 8 nitrogen and oxygen atoms in total. The molecule has 0 bridgehead atoms. The zero-order chi connectivity index (χ0) is 15.5. The molecular formula is C12H16O8. The van der Waals surface area contributed by atoms with Crippen molar-refractivity contribution in [3.63, 3.8) is 0 Å². The molecule has 20 heavy (non-hydrogen) atoms. The predicted octanol–water partition coefficient (Wildman–Crippen LogP) is -0.774. The van der Waals surface area contributed by atoms with Gasteiger partial charge in [0.2, 0.25) is 0 Å². The summed E-state index contributed by atoms with van der Waals surface area (Å²) in [6, 6.07) is 0. The van der Waals surface area contributed by atoms with Crippen molar-refractivity contribution in [3.8, 4) is 0 Å². The second-order valence-corrected chi connectivity index (χ2v) is 3.78. The average molecular weight is 288 g/mol. The Morgan fingerprint density at radius 2 is 1.50 bits per heavy atom. The van der Waals surface area contributed by atoms with E-state index in [1.807, 2.05) is 0 Å². The third kappa shape index (κ3) is 9.92. The van der Waals surface area contributed by atoms with Crippen LogP contribution in [0.4, 0.5) is 0 Å². The number of rotatable bonds is 2. The highest BCUT2D eigenvalue weighted by molar-refractivity contribution is 6.04. The lowest BCUT2D eigenvalue weighted by atomic mass is 10.3. The van der Waals surface area contributed by atoms with Crippen LogP contribution in [0.1, 0.15) is 26.2 Å². The first-order valence-electron chi connectivity index (χ1n) is 5.81. The Hall–Kier alpha value is -2.06. The van der Waals surface area contributed by atoms with Crippen molar-refractivity contribution in [3.05, 3.63) is 12.2 Å². The van der Waals surface area contributed by atoms with E-state index in [-0.39, 0.29) is 25.6 Å². The third-order valence-electron chi connectivity index (χ3n) is 1.86. The van der Waals surface area contributed by atoms with E-state index in [2.05, 4.69) is 9.47 Å². The monoisotopic (exact) mass is 288 g/mol. The Bertz CT molecular complexity index is 366. The third-order valence-corrected chi connectivity index (χ3v) is 1.86. The van der Waals surface area contributed by atoms with E-state index in [1.54, 1.807) is 6.92 Å². The first-order valence-corrected chi connectivity index (χ1v) is 5.81. The van der Waals surface area contributed by atoms with E-state index in [1.165, 1.54) is 0 Å². The predicted molar refractivity (Wildman–Crippen MR) is 64.0 cm³/mol. The van der Waals surface area contributed by atoms with Crippen LogP contribution in [0.3, 0.4) is 0 Å². The zero-order valence-corrected chi connectivity index (χ0v) is 10.9. The van der Waals surface area contributed by atoms with Gasteiger partial charge in [0.15, 0.2) is 0 Å². The molecule has 0 aromatic rings. The highest BCUT2D eigenvalue weighted by Gasteiger charge is 2.19. The van der Waals surface area contributed by atoms with Gasteiger partial charge in [-0.15, -0.1) is 0 Å². The summed E-state index contributed by atoms with van der Waals surface area (Å²) in [5.74, 6) is -1.95. The summed E-state index contributed by atoms with van der Waals surface area (Å²) < 4.78 is 8.06. The Kier molecular flexibility index (Phi) is 8.80. The Balaban J connectivity index is 0.000000272. The second-order valence-electron chi connectivity index (χ2n) is 3.78. The van der Waals surface area contributed by atoms with E-state index >= 15 is 0 Å². The first kappa shape index (κ1) is 17.9. The van der Waals surface area contributed by atoms with Gasteiger partial charge in [-0.1, -0.05) is 0 Å². The fraction of sp³-hybridized carbons (Fsp3) is 0.500. The molecule has 0 aromatic carbocycles. The summed E-state index contributed by atoms with van der Waals surface area (Å²) in [5, 5.41) is 16.5. The Morgan fingerprint density at radius 3 is 1.60 bits per heavy atom. The van der Waals surface area contributed by atoms with Crippen LogP contribution >= 0.6 is 0 Å². The number of ether oxygens (including phenoxy) is 2. The summed E-state index contributed by atoms with van der Waals surface area (Å²) in [6.45, 7) is 1.73. The molecule has 8 heteroatoms. The molecule has 1 saturated heterocycles. The van der Waals surface area contributed by atoms with Crippen molar-refractivity contribution in [1.82, 2.24) is 0 Å². The van der Waals surface area contributed by atoms with Gasteiger partial charge in [0.1, 0.15) is 0 Å². The minimum absolute atomic E-state index is 0.0810. The molecule has 2 N–H and O–H groups in total. The van der Waals surface area contributed by atoms with E-state index < -0.39 is 23.9 Å². The largest absolute Gasteiger partial charge is 0.396 e. The van der Waals surface area contributed by atoms with Crippen LogP contribution in [0.25, 0.3) is 0 Å². The number of aliphatic hydroxyl groups is 2. The van der Waals surface area contributed by atoms with Gasteiger partial charge in [-0.3, -0.25) is 9.59 Å². The maximum atomic E-state index is 10.0. The minimum Gasteiger partial charge on any atom is -0.396 e. The summed E-state index contributed by atoms with van der Waals surface area (Å²) in [7, 11) is 0. The summed E-state index contributed by atoms with van der Waals surface area (Å²) in [5.41, 5.74) is 0. The number of aliphatic hydroxyl groups excluding tert-OH is 2. The lowest BCUT2D eigenvalue weighted by Crippen LogP contribution is -2.00. The van der Waals surface area contributed by atoms with E-state index in [4.69, 9.17) is 10.2 Å². The number of hydrogen-bond acceptors (Lipinski definition) is 8. The average Bonchev–Trinajstić information content (AvgIpc) is 2.89. The van der Waals surface area contributed by atoms with Gasteiger partial charge in [-0.05, 0) is 13.3 Å². The fourth-order valence-corrected chi connectivity index (χ4v) is 0.923. The van der Waals surface area contributed by atoms with Crippen molar-refractivity contribution >= 4 is 23.9 Å². The molecule has 112 valence electrons. The van der Waals surface area contributed by atoms with Crippen molar-refractivity contribution in [2.75, 3.05) is 6.61 Å². The van der Waals surface area contributed by atoms with Crippen molar-refractivity contribution in [2.45, 2.75) is 32.3 Å². The maximum Gasteiger partial charge on any atom is 0.338 e. The van der Waals surface area contributed by atoms with Crippen molar-refractivity contribution in [2.24, 2.45) is 0 Å². The molecule has 0 aliphatic carbocycles. The van der Waals surface area contributed by atoms with Crippen LogP contribution in [0, 0.1) is 0 Å². The van der Waals surface area contributed by atoms with Crippen LogP contribution in [0.2, 0.25) is 0 Å². The Morgan fingerprint density at radius 1 is 1.05 bits per heavy atom. The van der Waals surface area contributed by atoms with Crippen LogP contribution in [0.15, 0.2) is 12.2 Å². The molecule has 0 saturated carbocycles. The molecule has 0 spiro atoms. The van der Waals surface area contributed by atoms with E-state index in [9.17, 15) is 19.2 Å². The number of hydrogen-bond donors (Lipinski definition) is 2. The van der Waals surface area contributed by atoms with Gasteiger partial charge in [0.25, 0.3) is 0 Å². The Labute approximate surface area is 115 Å². The van der Waals surface area contributed by atoms with Crippen LogP contribution < -0.4 is 0 Å². The van der Waals surface area contributed by atoms with Crippen molar-refractivity contribution in [1.29, 1.82) is 0 Å². The zero-order valence-electron chi connectivity index (χ0n) is 10.9. The second kappa shape index (κ2) is 9.82. The topological polar surface area (TPSA) is 127 Å². The smallest absolute Gasteiger partial charge is 0.338 e. The molecule has 2 heterocycles. The molecular weight excluding hydrogens is 272 g/mol. The number of carbonyl (C=O) groups is 4. The summed E-state index contributed by atoms with van der Waals surface area (Å²) in [6.07, 6.45) is 2.83. The highest BCUT2D eigenvalue weighted by Crippen LogP contribution is 2.03. The molecule has 2 aliphatic heterocycles. The van der Waals surface area contributed by atoms with Crippen LogP contribution in [-0.2, 0) is 28.7 Å². The molecule has 0 radical (unpaired) electrons. The van der Waals surface area contributed by atoms with Gasteiger partial charge >= 0.3 is 23.9 Å². The fourth-order valence-electron chi connectivity index (χ4n) is 0.923. The number of carbonyl (C=O) groups excluding carboxylic acids is 4. The summed E-state index contributed by atoms with van der Waals surface area (Å²) in [4.78, 5) is 39.9. The normalized spacial score (nSPS) is 17.6. The van der Waals surface area contributed by atoms with Crippen LogP contribution in [-0.4, -0.2) is 46.8 Å². The quantitative estimate of drug-likeness (QED) is 0.500. The SMILES string of the molecule is CC(O)CCO.O=C1C=CC(=O)O1.O=C1CCC(=O)O1. The standard InChI is InChI=1S/C4H4O3.C4H2O3.C4H10O2/c2*5-3-1-2-4(6)7-3;1-4(6)2-3-5/h1-2H2;1-2H;4-6H,2-3H2,1H3. The molecule has 1 unspecified atom stereocenters. The van der Waals surface area contributed by atoms with E-state index in [0.29, 0.717) is 6.42 Å². The molecule has 2 rings (SSSR count). The molecule has 2 aliphatic rings. The number of cyclic esters (lactones) is 4. The lowest BCUT2D eigenvalue weighted by molar-refractivity contribution is -0.153.